The Hall–Kier alpha value is -0.490. The van der Waals surface area contributed by atoms with Gasteiger partial charge in [-0.3, -0.25) is 0 Å². The van der Waals surface area contributed by atoms with Crippen molar-refractivity contribution in [2.75, 3.05) is 5.88 Å². The van der Waals surface area contributed by atoms with E-state index in [9.17, 15) is 0 Å². The summed E-state index contributed by atoms with van der Waals surface area (Å²) in [5.74, 6) is 0.836. The van der Waals surface area contributed by atoms with Crippen LogP contribution >= 0.6 is 11.6 Å². The molecule has 1 rings (SSSR count). The van der Waals surface area contributed by atoms with Gasteiger partial charge in [-0.05, 0) is 30.2 Å². The third-order valence-corrected chi connectivity index (χ3v) is 6.01. The fraction of sp³-hybridized carbons (Fsp3) is 0.750. The second-order valence-corrected chi connectivity index (χ2v) is 8.53. The molecule has 1 heteroatoms. The highest BCUT2D eigenvalue weighted by atomic mass is 35.5. The van der Waals surface area contributed by atoms with E-state index in [0.717, 1.165) is 5.88 Å². The summed E-state index contributed by atoms with van der Waals surface area (Å²) in [5.41, 5.74) is 1.97. The lowest BCUT2D eigenvalue weighted by Crippen LogP contribution is -2.18. The van der Waals surface area contributed by atoms with Crippen molar-refractivity contribution in [2.24, 2.45) is 5.41 Å². The summed E-state index contributed by atoms with van der Waals surface area (Å²) < 4.78 is 0. The van der Waals surface area contributed by atoms with Gasteiger partial charge in [0.05, 0.1) is 0 Å². The van der Waals surface area contributed by atoms with Crippen molar-refractivity contribution in [2.45, 2.75) is 104 Å². The summed E-state index contributed by atoms with van der Waals surface area (Å²) in [6.45, 7) is 4.83. The van der Waals surface area contributed by atoms with E-state index >= 15 is 0 Å². The molecule has 0 saturated carbocycles. The molecule has 0 aliphatic rings. The predicted octanol–water partition coefficient (Wildman–Crippen LogP) is 8.57. The van der Waals surface area contributed by atoms with Crippen molar-refractivity contribution in [3.8, 4) is 0 Å². The Kier molecular flexibility index (Phi) is 13.2. The van der Waals surface area contributed by atoms with Gasteiger partial charge in [0.25, 0.3) is 0 Å². The first-order chi connectivity index (χ1) is 12.2. The average Bonchev–Trinajstić information content (AvgIpc) is 2.63. The Bertz CT molecular complexity index is 400. The summed E-state index contributed by atoms with van der Waals surface area (Å²) in [5, 5.41) is 0. The second kappa shape index (κ2) is 14.7. The highest BCUT2D eigenvalue weighted by Gasteiger charge is 2.21. The van der Waals surface area contributed by atoms with Gasteiger partial charge in [0, 0.05) is 5.88 Å². The zero-order valence-electron chi connectivity index (χ0n) is 16.9. The van der Waals surface area contributed by atoms with Crippen LogP contribution in [0.5, 0.6) is 0 Å². The van der Waals surface area contributed by atoms with Crippen LogP contribution in [0.4, 0.5) is 0 Å². The Morgan fingerprint density at radius 2 is 1.20 bits per heavy atom. The molecule has 0 aromatic heterocycles. The van der Waals surface area contributed by atoms with E-state index in [1.807, 2.05) is 0 Å². The standard InChI is InChI=1S/C24H41Cl/c1-3-24(2,22-23-18-14-13-15-19-23)20-16-11-9-7-5-4-6-8-10-12-17-21-25/h13-15,18-19H,3-12,16-17,20-22H2,1-2H3. The van der Waals surface area contributed by atoms with Crippen LogP contribution in [0, 0.1) is 5.41 Å². The molecule has 0 nitrogen and oxygen atoms in total. The van der Waals surface area contributed by atoms with Gasteiger partial charge < -0.3 is 0 Å². The maximum atomic E-state index is 5.70. The van der Waals surface area contributed by atoms with E-state index < -0.39 is 0 Å². The van der Waals surface area contributed by atoms with Crippen molar-refractivity contribution in [3.05, 3.63) is 35.9 Å². The summed E-state index contributed by atoms with van der Waals surface area (Å²) >= 11 is 5.70. The van der Waals surface area contributed by atoms with Crippen LogP contribution in [0.2, 0.25) is 0 Å². The van der Waals surface area contributed by atoms with Crippen LogP contribution in [0.15, 0.2) is 30.3 Å². The normalized spacial score (nSPS) is 13.7. The summed E-state index contributed by atoms with van der Waals surface area (Å²) in [6, 6.07) is 11.0. The monoisotopic (exact) mass is 364 g/mol. The highest BCUT2D eigenvalue weighted by molar-refractivity contribution is 6.17. The number of hydrogen-bond donors (Lipinski definition) is 0. The molecule has 25 heavy (non-hydrogen) atoms. The molecular weight excluding hydrogens is 324 g/mol. The Morgan fingerprint density at radius 3 is 1.68 bits per heavy atom. The zero-order valence-corrected chi connectivity index (χ0v) is 17.6. The van der Waals surface area contributed by atoms with Crippen molar-refractivity contribution >= 4 is 11.6 Å². The van der Waals surface area contributed by atoms with E-state index in [0.29, 0.717) is 5.41 Å². The number of hydrogen-bond acceptors (Lipinski definition) is 0. The van der Waals surface area contributed by atoms with E-state index in [2.05, 4.69) is 44.2 Å². The van der Waals surface area contributed by atoms with Crippen LogP contribution in [0.1, 0.15) is 103 Å². The van der Waals surface area contributed by atoms with E-state index in [1.165, 1.54) is 95.5 Å². The minimum absolute atomic E-state index is 0.477. The maximum Gasteiger partial charge on any atom is 0.0223 e. The number of rotatable bonds is 16. The van der Waals surface area contributed by atoms with Crippen LogP contribution < -0.4 is 0 Å². The lowest BCUT2D eigenvalue weighted by molar-refractivity contribution is 0.270. The SMILES string of the molecule is CCC(C)(CCCCCCCCCCCCCCl)Cc1ccccc1. The highest BCUT2D eigenvalue weighted by Crippen LogP contribution is 2.32. The van der Waals surface area contributed by atoms with E-state index in [1.54, 1.807) is 0 Å². The Balaban J connectivity index is 2.00. The molecule has 0 aliphatic heterocycles. The maximum absolute atomic E-state index is 5.70. The van der Waals surface area contributed by atoms with Gasteiger partial charge >= 0.3 is 0 Å². The first-order valence-electron chi connectivity index (χ1n) is 10.8. The molecular formula is C24H41Cl. The molecule has 144 valence electrons. The van der Waals surface area contributed by atoms with Gasteiger partial charge in [-0.2, -0.15) is 0 Å². The molecule has 1 aromatic carbocycles. The van der Waals surface area contributed by atoms with Gasteiger partial charge in [0.15, 0.2) is 0 Å². The third-order valence-electron chi connectivity index (χ3n) is 5.74. The van der Waals surface area contributed by atoms with Crippen molar-refractivity contribution < 1.29 is 0 Å². The van der Waals surface area contributed by atoms with E-state index in [4.69, 9.17) is 11.6 Å². The van der Waals surface area contributed by atoms with Gasteiger partial charge in [-0.25, -0.2) is 0 Å². The largest absolute Gasteiger partial charge is 0.127 e. The van der Waals surface area contributed by atoms with Crippen LogP contribution in [0.3, 0.4) is 0 Å². The summed E-state index contributed by atoms with van der Waals surface area (Å²) in [4.78, 5) is 0. The minimum Gasteiger partial charge on any atom is -0.127 e. The smallest absolute Gasteiger partial charge is 0.0223 e. The molecule has 0 heterocycles. The Labute approximate surface area is 162 Å². The molecule has 0 saturated heterocycles. The molecule has 0 fully saturated rings. The summed E-state index contributed by atoms with van der Waals surface area (Å²) in [6.07, 6.45) is 19.2. The van der Waals surface area contributed by atoms with Gasteiger partial charge in [-0.1, -0.05) is 115 Å². The number of halogens is 1. The molecule has 0 N–H and O–H groups in total. The third kappa shape index (κ3) is 11.7. The topological polar surface area (TPSA) is 0 Å². The molecule has 0 aliphatic carbocycles. The number of benzene rings is 1. The first kappa shape index (κ1) is 22.6. The molecule has 0 radical (unpaired) electrons. The minimum atomic E-state index is 0.477. The number of alkyl halides is 1. The van der Waals surface area contributed by atoms with Gasteiger partial charge in [0.1, 0.15) is 0 Å². The second-order valence-electron chi connectivity index (χ2n) is 8.15. The molecule has 1 aromatic rings. The Morgan fingerprint density at radius 1 is 0.720 bits per heavy atom. The van der Waals surface area contributed by atoms with Crippen molar-refractivity contribution in [3.63, 3.8) is 0 Å². The molecule has 1 atom stereocenters. The van der Waals surface area contributed by atoms with Crippen LogP contribution in [0.25, 0.3) is 0 Å². The fourth-order valence-corrected chi connectivity index (χ4v) is 3.91. The predicted molar refractivity (Wildman–Crippen MR) is 115 cm³/mol. The number of unbranched alkanes of at least 4 members (excludes halogenated alkanes) is 10. The lowest BCUT2D eigenvalue weighted by Gasteiger charge is -2.28. The quantitative estimate of drug-likeness (QED) is 0.203. The molecule has 1 unspecified atom stereocenters. The summed E-state index contributed by atoms with van der Waals surface area (Å²) in [7, 11) is 0. The first-order valence-corrected chi connectivity index (χ1v) is 11.3. The van der Waals surface area contributed by atoms with Crippen LogP contribution in [-0.4, -0.2) is 5.88 Å². The lowest BCUT2D eigenvalue weighted by atomic mass is 9.77. The average molecular weight is 365 g/mol. The van der Waals surface area contributed by atoms with Gasteiger partial charge in [0.2, 0.25) is 0 Å². The van der Waals surface area contributed by atoms with Crippen molar-refractivity contribution in [1.29, 1.82) is 0 Å². The fourth-order valence-electron chi connectivity index (χ4n) is 3.72. The molecule has 0 bridgehead atoms. The van der Waals surface area contributed by atoms with Crippen molar-refractivity contribution in [1.82, 2.24) is 0 Å². The van der Waals surface area contributed by atoms with Gasteiger partial charge in [-0.15, -0.1) is 11.6 Å². The molecule has 0 amide bonds. The van der Waals surface area contributed by atoms with Crippen LogP contribution in [-0.2, 0) is 6.42 Å². The van der Waals surface area contributed by atoms with E-state index in [-0.39, 0.29) is 0 Å². The zero-order chi connectivity index (χ0) is 18.2. The molecule has 0 spiro atoms.